The molecule has 0 aliphatic carbocycles. The smallest absolute Gasteiger partial charge is 0.191 e. The van der Waals surface area contributed by atoms with Gasteiger partial charge in [0.25, 0.3) is 0 Å². The zero-order chi connectivity index (χ0) is 16.8. The van der Waals surface area contributed by atoms with Crippen molar-refractivity contribution in [1.82, 2.24) is 14.8 Å². The maximum atomic E-state index is 4.47. The molecule has 2 aromatic carbocycles. The Labute approximate surface area is 148 Å². The third kappa shape index (κ3) is 4.48. The van der Waals surface area contributed by atoms with Gasteiger partial charge in [0.15, 0.2) is 5.16 Å². The third-order valence-electron chi connectivity index (χ3n) is 3.76. The Bertz CT molecular complexity index is 751. The molecule has 3 aromatic rings. The van der Waals surface area contributed by atoms with Crippen molar-refractivity contribution in [2.45, 2.75) is 37.7 Å². The van der Waals surface area contributed by atoms with Crippen LogP contribution in [-0.2, 0) is 18.7 Å². The van der Waals surface area contributed by atoms with Crippen LogP contribution in [0.4, 0.5) is 0 Å². The molecule has 0 saturated heterocycles. The molecule has 0 aliphatic heterocycles. The summed E-state index contributed by atoms with van der Waals surface area (Å²) in [5.41, 5.74) is 2.58. The molecule has 24 heavy (non-hydrogen) atoms. The van der Waals surface area contributed by atoms with E-state index in [4.69, 9.17) is 0 Å². The van der Waals surface area contributed by atoms with Crippen LogP contribution < -0.4 is 0 Å². The summed E-state index contributed by atoms with van der Waals surface area (Å²) in [4.78, 5) is 0. The molecule has 124 valence electrons. The largest absolute Gasteiger partial charge is 0.305 e. The second-order valence-electron chi connectivity index (χ2n) is 6.34. The van der Waals surface area contributed by atoms with Gasteiger partial charge < -0.3 is 4.57 Å². The predicted octanol–water partition coefficient (Wildman–Crippen LogP) is 4.82. The van der Waals surface area contributed by atoms with Crippen molar-refractivity contribution in [2.75, 3.05) is 0 Å². The Morgan fingerprint density at radius 2 is 1.50 bits per heavy atom. The lowest BCUT2D eigenvalue weighted by atomic mass is 10.1. The highest BCUT2D eigenvalue weighted by Gasteiger charge is 2.14. The van der Waals surface area contributed by atoms with Crippen LogP contribution in [0.25, 0.3) is 0 Å². The van der Waals surface area contributed by atoms with Crippen LogP contribution in [0.5, 0.6) is 0 Å². The molecule has 3 nitrogen and oxygen atoms in total. The van der Waals surface area contributed by atoms with Crippen LogP contribution in [0, 0.1) is 5.92 Å². The Balaban J connectivity index is 1.78. The van der Waals surface area contributed by atoms with Gasteiger partial charge in [-0.15, -0.1) is 10.2 Å². The molecule has 0 aliphatic rings. The van der Waals surface area contributed by atoms with Gasteiger partial charge in [-0.3, -0.25) is 0 Å². The van der Waals surface area contributed by atoms with E-state index < -0.39 is 0 Å². The van der Waals surface area contributed by atoms with E-state index >= 15 is 0 Å². The summed E-state index contributed by atoms with van der Waals surface area (Å²) < 4.78 is 2.28. The highest BCUT2D eigenvalue weighted by molar-refractivity contribution is 7.98. The molecule has 0 spiro atoms. The quantitative estimate of drug-likeness (QED) is 0.579. The number of hydrogen-bond donors (Lipinski definition) is 0. The molecule has 0 amide bonds. The Hall–Kier alpha value is -2.07. The van der Waals surface area contributed by atoms with Crippen molar-refractivity contribution < 1.29 is 0 Å². The zero-order valence-electron chi connectivity index (χ0n) is 14.2. The first-order chi connectivity index (χ1) is 11.7. The maximum absolute atomic E-state index is 4.47. The van der Waals surface area contributed by atoms with Crippen LogP contribution in [0.1, 0.15) is 30.8 Å². The number of benzene rings is 2. The summed E-state index contributed by atoms with van der Waals surface area (Å²) in [7, 11) is 0. The number of rotatable bonds is 7. The van der Waals surface area contributed by atoms with Gasteiger partial charge in [0.1, 0.15) is 5.82 Å². The molecule has 0 bridgehead atoms. The van der Waals surface area contributed by atoms with Crippen molar-refractivity contribution in [2.24, 2.45) is 5.92 Å². The van der Waals surface area contributed by atoms with E-state index in [9.17, 15) is 0 Å². The number of hydrogen-bond acceptors (Lipinski definition) is 3. The van der Waals surface area contributed by atoms with Crippen LogP contribution >= 0.6 is 11.8 Å². The molecular formula is C20H23N3S. The molecule has 0 saturated carbocycles. The minimum Gasteiger partial charge on any atom is -0.305 e. The zero-order valence-corrected chi connectivity index (χ0v) is 15.0. The predicted molar refractivity (Wildman–Crippen MR) is 100 cm³/mol. The van der Waals surface area contributed by atoms with Gasteiger partial charge in [-0.2, -0.15) is 0 Å². The topological polar surface area (TPSA) is 30.7 Å². The molecule has 0 atom stereocenters. The van der Waals surface area contributed by atoms with Crippen LogP contribution in [-0.4, -0.2) is 14.8 Å². The summed E-state index contributed by atoms with van der Waals surface area (Å²) in [5.74, 6) is 2.53. The fourth-order valence-corrected chi connectivity index (χ4v) is 3.53. The SMILES string of the molecule is CC(C)Cn1c(Cc2ccccc2)nnc1SCc1ccccc1. The van der Waals surface area contributed by atoms with Crippen molar-refractivity contribution >= 4 is 11.8 Å². The summed E-state index contributed by atoms with van der Waals surface area (Å²) in [6.07, 6.45) is 0.826. The lowest BCUT2D eigenvalue weighted by molar-refractivity contribution is 0.482. The van der Waals surface area contributed by atoms with Crippen molar-refractivity contribution in [3.63, 3.8) is 0 Å². The van der Waals surface area contributed by atoms with Gasteiger partial charge in [-0.05, 0) is 17.0 Å². The molecule has 1 aromatic heterocycles. The van der Waals surface area contributed by atoms with Crippen molar-refractivity contribution in [3.8, 4) is 0 Å². The molecule has 0 N–H and O–H groups in total. The third-order valence-corrected chi connectivity index (χ3v) is 4.79. The minimum absolute atomic E-state index is 0.562. The van der Waals surface area contributed by atoms with Gasteiger partial charge in [-0.1, -0.05) is 86.3 Å². The summed E-state index contributed by atoms with van der Waals surface area (Å²) in [6, 6.07) is 21.0. The lowest BCUT2D eigenvalue weighted by Crippen LogP contribution is -2.10. The van der Waals surface area contributed by atoms with Crippen LogP contribution in [0.2, 0.25) is 0 Å². The van der Waals surface area contributed by atoms with Gasteiger partial charge in [0, 0.05) is 18.7 Å². The van der Waals surface area contributed by atoms with E-state index in [1.54, 1.807) is 11.8 Å². The summed E-state index contributed by atoms with van der Waals surface area (Å²) in [5, 5.41) is 9.94. The fourth-order valence-electron chi connectivity index (χ4n) is 2.61. The highest BCUT2D eigenvalue weighted by Crippen LogP contribution is 2.23. The molecular weight excluding hydrogens is 314 g/mol. The standard InChI is InChI=1S/C20H23N3S/c1-16(2)14-23-19(13-17-9-5-3-6-10-17)21-22-20(23)24-15-18-11-7-4-8-12-18/h3-12,16H,13-15H2,1-2H3. The Kier molecular flexibility index (Phi) is 5.70. The van der Waals surface area contributed by atoms with Gasteiger partial charge >= 0.3 is 0 Å². The minimum atomic E-state index is 0.562. The van der Waals surface area contributed by atoms with Gasteiger partial charge in [0.05, 0.1) is 0 Å². The van der Waals surface area contributed by atoms with Gasteiger partial charge in [0.2, 0.25) is 0 Å². The van der Waals surface area contributed by atoms with E-state index in [1.165, 1.54) is 11.1 Å². The van der Waals surface area contributed by atoms with Crippen LogP contribution in [0.3, 0.4) is 0 Å². The fraction of sp³-hybridized carbons (Fsp3) is 0.300. The first-order valence-electron chi connectivity index (χ1n) is 8.35. The second-order valence-corrected chi connectivity index (χ2v) is 7.28. The van der Waals surface area contributed by atoms with E-state index in [-0.39, 0.29) is 0 Å². The lowest BCUT2D eigenvalue weighted by Gasteiger charge is -2.12. The number of thioether (sulfide) groups is 1. The first kappa shape index (κ1) is 16.8. The van der Waals surface area contributed by atoms with Gasteiger partial charge in [-0.25, -0.2) is 0 Å². The normalized spacial score (nSPS) is 11.1. The van der Waals surface area contributed by atoms with E-state index in [0.717, 1.165) is 29.7 Å². The number of aromatic nitrogens is 3. The second kappa shape index (κ2) is 8.15. The summed E-state index contributed by atoms with van der Waals surface area (Å²) in [6.45, 7) is 5.42. The first-order valence-corrected chi connectivity index (χ1v) is 9.33. The Morgan fingerprint density at radius 1 is 0.875 bits per heavy atom. The average molecular weight is 337 g/mol. The molecule has 0 unspecified atom stereocenters. The highest BCUT2D eigenvalue weighted by atomic mass is 32.2. The van der Waals surface area contributed by atoms with Crippen molar-refractivity contribution in [3.05, 3.63) is 77.6 Å². The average Bonchev–Trinajstić information content (AvgIpc) is 2.96. The van der Waals surface area contributed by atoms with Crippen LogP contribution in [0.15, 0.2) is 65.8 Å². The van der Waals surface area contributed by atoms with E-state index in [0.29, 0.717) is 5.92 Å². The molecule has 3 rings (SSSR count). The molecule has 4 heteroatoms. The number of nitrogens with zero attached hydrogens (tertiary/aromatic N) is 3. The van der Waals surface area contributed by atoms with Crippen molar-refractivity contribution in [1.29, 1.82) is 0 Å². The maximum Gasteiger partial charge on any atom is 0.191 e. The van der Waals surface area contributed by atoms with E-state index in [2.05, 4.69) is 77.1 Å². The molecule has 1 heterocycles. The summed E-state index contributed by atoms with van der Waals surface area (Å²) >= 11 is 1.76. The Morgan fingerprint density at radius 3 is 2.12 bits per heavy atom. The van der Waals surface area contributed by atoms with E-state index in [1.807, 2.05) is 12.1 Å². The molecule has 0 fully saturated rings. The monoisotopic (exact) mass is 337 g/mol. The molecule has 0 radical (unpaired) electrons.